The van der Waals surface area contributed by atoms with E-state index in [2.05, 4.69) is 11.1 Å². The molecule has 5 rings (SSSR count). The van der Waals surface area contributed by atoms with Gasteiger partial charge in [0.15, 0.2) is 0 Å². The molecule has 0 bridgehead atoms. The van der Waals surface area contributed by atoms with Crippen molar-refractivity contribution < 1.29 is 14.6 Å². The van der Waals surface area contributed by atoms with Crippen LogP contribution in [0.1, 0.15) is 43.4 Å². The van der Waals surface area contributed by atoms with Crippen molar-refractivity contribution in [3.8, 4) is 11.5 Å². The van der Waals surface area contributed by atoms with E-state index < -0.39 is 5.72 Å². The summed E-state index contributed by atoms with van der Waals surface area (Å²) in [5.41, 5.74) is 2.64. The van der Waals surface area contributed by atoms with Crippen molar-refractivity contribution in [3.63, 3.8) is 0 Å². The number of carbonyl (C=O) groups excluding carboxylic acids is 1. The maximum atomic E-state index is 11.8. The number of ether oxygens (including phenoxy) is 1. The van der Waals surface area contributed by atoms with Crippen molar-refractivity contribution in [1.82, 2.24) is 9.91 Å². The molecule has 3 aliphatic rings. The van der Waals surface area contributed by atoms with Gasteiger partial charge in [-0.25, -0.2) is 5.01 Å². The van der Waals surface area contributed by atoms with E-state index in [4.69, 9.17) is 9.84 Å². The van der Waals surface area contributed by atoms with Gasteiger partial charge in [0, 0.05) is 44.8 Å². The molecule has 1 N–H and O–H groups in total. The second-order valence-corrected chi connectivity index (χ2v) is 7.75. The third kappa shape index (κ3) is 2.63. The second kappa shape index (κ2) is 6.26. The number of benzene rings is 2. The summed E-state index contributed by atoms with van der Waals surface area (Å²) in [6, 6.07) is 15.5. The Labute approximate surface area is 164 Å². The molecule has 144 valence electrons. The summed E-state index contributed by atoms with van der Waals surface area (Å²) < 4.78 is 6.55. The summed E-state index contributed by atoms with van der Waals surface area (Å²) in [5, 5.41) is 16.7. The Bertz CT molecular complexity index is 946. The van der Waals surface area contributed by atoms with Crippen molar-refractivity contribution in [3.05, 3.63) is 59.7 Å². The molecule has 1 spiro atoms. The molecule has 28 heavy (non-hydrogen) atoms. The zero-order valence-electron chi connectivity index (χ0n) is 15.8. The van der Waals surface area contributed by atoms with E-state index in [1.54, 1.807) is 19.1 Å². The van der Waals surface area contributed by atoms with Crippen LogP contribution in [0.15, 0.2) is 53.6 Å². The van der Waals surface area contributed by atoms with Crippen LogP contribution < -0.4 is 4.74 Å². The number of amides is 1. The number of phenolic OH excluding ortho intramolecular Hbond substituents is 1. The molecular weight excluding hydrogens is 354 g/mol. The molecule has 0 radical (unpaired) electrons. The fraction of sp³-hybridized carbons (Fsp3) is 0.364. The van der Waals surface area contributed by atoms with Crippen LogP contribution in [0.4, 0.5) is 0 Å². The molecule has 2 aromatic carbocycles. The quantitative estimate of drug-likeness (QED) is 0.828. The average Bonchev–Trinajstić information content (AvgIpc) is 3.16. The smallest absolute Gasteiger partial charge is 0.219 e. The minimum absolute atomic E-state index is 0.109. The minimum Gasteiger partial charge on any atom is -0.508 e. The van der Waals surface area contributed by atoms with Crippen molar-refractivity contribution in [2.24, 2.45) is 5.10 Å². The third-order valence-electron chi connectivity index (χ3n) is 6.10. The highest BCUT2D eigenvalue weighted by Crippen LogP contribution is 2.49. The molecule has 6 nitrogen and oxygen atoms in total. The average molecular weight is 377 g/mol. The molecule has 1 saturated heterocycles. The highest BCUT2D eigenvalue weighted by molar-refractivity contribution is 6.02. The molecule has 0 saturated carbocycles. The minimum atomic E-state index is -0.524. The zero-order valence-corrected chi connectivity index (χ0v) is 15.8. The molecule has 1 amide bonds. The summed E-state index contributed by atoms with van der Waals surface area (Å²) in [6.45, 7) is 2.96. The van der Waals surface area contributed by atoms with Gasteiger partial charge in [-0.2, -0.15) is 5.10 Å². The lowest BCUT2D eigenvalue weighted by molar-refractivity contribution is -0.158. The second-order valence-electron chi connectivity index (χ2n) is 7.75. The fourth-order valence-electron chi connectivity index (χ4n) is 4.56. The van der Waals surface area contributed by atoms with Crippen molar-refractivity contribution >= 4 is 11.6 Å². The number of hydrogen-bond donors (Lipinski definition) is 1. The maximum absolute atomic E-state index is 11.8. The van der Waals surface area contributed by atoms with Gasteiger partial charge in [0.25, 0.3) is 0 Å². The SMILES string of the molecule is CC(=O)N1CCC2(CC1)Oc1ccccc1[C@@H]1CC(c3ccc(O)cc3)=NN12. The summed E-state index contributed by atoms with van der Waals surface area (Å²) in [5.74, 6) is 1.28. The van der Waals surface area contributed by atoms with Gasteiger partial charge in [-0.1, -0.05) is 18.2 Å². The van der Waals surface area contributed by atoms with Crippen LogP contribution in [0.5, 0.6) is 11.5 Å². The molecule has 1 atom stereocenters. The summed E-state index contributed by atoms with van der Waals surface area (Å²) >= 11 is 0. The Morgan fingerprint density at radius 3 is 2.57 bits per heavy atom. The molecule has 2 aromatic rings. The van der Waals surface area contributed by atoms with E-state index in [9.17, 15) is 9.90 Å². The molecule has 1 fully saturated rings. The largest absolute Gasteiger partial charge is 0.508 e. The molecular formula is C22H23N3O3. The lowest BCUT2D eigenvalue weighted by Gasteiger charge is -2.51. The zero-order chi connectivity index (χ0) is 19.3. The van der Waals surface area contributed by atoms with Crippen LogP contribution in [-0.2, 0) is 4.79 Å². The number of aromatic hydroxyl groups is 1. The van der Waals surface area contributed by atoms with Crippen LogP contribution in [0.3, 0.4) is 0 Å². The van der Waals surface area contributed by atoms with E-state index >= 15 is 0 Å². The molecule has 0 aliphatic carbocycles. The van der Waals surface area contributed by atoms with Gasteiger partial charge in [-0.15, -0.1) is 0 Å². The van der Waals surface area contributed by atoms with E-state index in [1.807, 2.05) is 35.2 Å². The topological polar surface area (TPSA) is 65.4 Å². The number of fused-ring (bicyclic) bond motifs is 4. The first-order valence-electron chi connectivity index (χ1n) is 9.75. The number of likely N-dealkylation sites (tertiary alicyclic amines) is 1. The van der Waals surface area contributed by atoms with E-state index in [-0.39, 0.29) is 17.7 Å². The number of piperidine rings is 1. The number of phenols is 1. The molecule has 0 unspecified atom stereocenters. The van der Waals surface area contributed by atoms with Crippen LogP contribution in [0.2, 0.25) is 0 Å². The Hall–Kier alpha value is -3.02. The summed E-state index contributed by atoms with van der Waals surface area (Å²) in [6.07, 6.45) is 2.25. The lowest BCUT2D eigenvalue weighted by atomic mass is 9.90. The molecule has 3 aliphatic heterocycles. The first-order valence-corrected chi connectivity index (χ1v) is 9.75. The lowest BCUT2D eigenvalue weighted by Crippen LogP contribution is -2.59. The number of nitrogens with zero attached hydrogens (tertiary/aromatic N) is 3. The molecule has 3 heterocycles. The Kier molecular flexibility index (Phi) is 3.82. The first-order chi connectivity index (χ1) is 13.6. The number of rotatable bonds is 1. The Morgan fingerprint density at radius 2 is 1.86 bits per heavy atom. The van der Waals surface area contributed by atoms with Crippen molar-refractivity contribution in [1.29, 1.82) is 0 Å². The van der Waals surface area contributed by atoms with Gasteiger partial charge in [0.05, 0.1) is 11.8 Å². The van der Waals surface area contributed by atoms with Crippen molar-refractivity contribution in [2.75, 3.05) is 13.1 Å². The third-order valence-corrected chi connectivity index (χ3v) is 6.10. The van der Waals surface area contributed by atoms with Crippen LogP contribution in [-0.4, -0.2) is 45.4 Å². The fourth-order valence-corrected chi connectivity index (χ4v) is 4.56. The number of hydrazone groups is 1. The Balaban J connectivity index is 1.53. The van der Waals surface area contributed by atoms with Crippen molar-refractivity contribution in [2.45, 2.75) is 38.0 Å². The van der Waals surface area contributed by atoms with Gasteiger partial charge in [-0.05, 0) is 35.9 Å². The number of hydrogen-bond acceptors (Lipinski definition) is 5. The van der Waals surface area contributed by atoms with Gasteiger partial charge in [0.1, 0.15) is 11.5 Å². The van der Waals surface area contributed by atoms with Gasteiger partial charge in [-0.3, -0.25) is 4.79 Å². The number of para-hydroxylation sites is 1. The van der Waals surface area contributed by atoms with Gasteiger partial charge in [0.2, 0.25) is 11.6 Å². The van der Waals surface area contributed by atoms with Crippen LogP contribution >= 0.6 is 0 Å². The van der Waals surface area contributed by atoms with Crippen LogP contribution in [0.25, 0.3) is 0 Å². The van der Waals surface area contributed by atoms with E-state index in [0.29, 0.717) is 13.1 Å². The van der Waals surface area contributed by atoms with Crippen LogP contribution in [0, 0.1) is 0 Å². The number of carbonyl (C=O) groups is 1. The predicted molar refractivity (Wildman–Crippen MR) is 105 cm³/mol. The van der Waals surface area contributed by atoms with E-state index in [1.165, 1.54) is 0 Å². The maximum Gasteiger partial charge on any atom is 0.219 e. The first kappa shape index (κ1) is 17.1. The standard InChI is InChI=1S/C22H23N3O3/c1-15(26)24-12-10-22(11-13-24)25-20(18-4-2-3-5-21(18)28-22)14-19(23-25)16-6-8-17(27)9-7-16/h2-9,20,27H,10-14H2,1H3/t20-/m0/s1. The Morgan fingerprint density at radius 1 is 1.14 bits per heavy atom. The molecule has 6 heteroatoms. The van der Waals surface area contributed by atoms with Gasteiger partial charge < -0.3 is 14.7 Å². The normalized spacial score (nSPS) is 22.3. The summed E-state index contributed by atoms with van der Waals surface area (Å²) in [7, 11) is 0. The molecule has 0 aromatic heterocycles. The monoisotopic (exact) mass is 377 g/mol. The highest BCUT2D eigenvalue weighted by atomic mass is 16.5. The van der Waals surface area contributed by atoms with Gasteiger partial charge >= 0.3 is 0 Å². The predicted octanol–water partition coefficient (Wildman–Crippen LogP) is 3.27. The highest BCUT2D eigenvalue weighted by Gasteiger charge is 2.51. The summed E-state index contributed by atoms with van der Waals surface area (Å²) in [4.78, 5) is 13.7. The van der Waals surface area contributed by atoms with E-state index in [0.717, 1.165) is 41.9 Å².